The molecule has 1 aromatic rings. The molecule has 0 aromatic carbocycles. The van der Waals surface area contributed by atoms with Gasteiger partial charge >= 0.3 is 12.1 Å². The number of amides is 1. The lowest BCUT2D eigenvalue weighted by atomic mass is 10.2. The van der Waals surface area contributed by atoms with E-state index in [2.05, 4.69) is 28.9 Å². The van der Waals surface area contributed by atoms with Crippen LogP contribution in [0.15, 0.2) is 0 Å². The molecule has 1 aliphatic heterocycles. The zero-order valence-electron chi connectivity index (χ0n) is 13.9. The van der Waals surface area contributed by atoms with Crippen LogP contribution in [0.2, 0.25) is 0 Å². The summed E-state index contributed by atoms with van der Waals surface area (Å²) in [6, 6.07) is 0.540. The number of carbonyl (C=O) groups is 2. The Morgan fingerprint density at radius 1 is 1.38 bits per heavy atom. The molecule has 0 saturated carbocycles. The number of carboxylic acid groups (broad SMARTS) is 1. The van der Waals surface area contributed by atoms with Crippen molar-refractivity contribution in [1.82, 2.24) is 20.0 Å². The first kappa shape index (κ1) is 19.9. The minimum Gasteiger partial charge on any atom is -0.475 e. The van der Waals surface area contributed by atoms with E-state index < -0.39 is 12.1 Å². The van der Waals surface area contributed by atoms with Gasteiger partial charge in [-0.2, -0.15) is 18.3 Å². The standard InChI is InChI=1S/C12H20N4O.C2HF3O2/c1-5-8(2)16-6-9-10(7-16)13-14-11(9)12(17)15(3)4;3-2(4,5)1(6)7/h8H,5-7H2,1-4H3,(H,13,14);(H,6,7). The molecule has 2 heterocycles. The van der Waals surface area contributed by atoms with Gasteiger partial charge in [-0.05, 0) is 13.3 Å². The smallest absolute Gasteiger partial charge is 0.475 e. The van der Waals surface area contributed by atoms with E-state index >= 15 is 0 Å². The van der Waals surface area contributed by atoms with Crippen LogP contribution in [0.25, 0.3) is 0 Å². The highest BCUT2D eigenvalue weighted by Crippen LogP contribution is 2.26. The first-order chi connectivity index (χ1) is 11.0. The number of aliphatic carboxylic acids is 1. The molecule has 7 nitrogen and oxygen atoms in total. The number of nitrogens with zero attached hydrogens (tertiary/aromatic N) is 3. The van der Waals surface area contributed by atoms with E-state index in [4.69, 9.17) is 9.90 Å². The third-order valence-electron chi connectivity index (χ3n) is 3.74. The summed E-state index contributed by atoms with van der Waals surface area (Å²) in [7, 11) is 3.51. The van der Waals surface area contributed by atoms with Crippen molar-refractivity contribution < 1.29 is 27.9 Å². The lowest BCUT2D eigenvalue weighted by Crippen LogP contribution is -2.28. The van der Waals surface area contributed by atoms with E-state index in [0.29, 0.717) is 11.7 Å². The molecule has 136 valence electrons. The van der Waals surface area contributed by atoms with Crippen molar-refractivity contribution >= 4 is 11.9 Å². The third-order valence-corrected chi connectivity index (χ3v) is 3.74. The zero-order chi connectivity index (χ0) is 18.7. The van der Waals surface area contributed by atoms with E-state index in [1.165, 1.54) is 0 Å². The summed E-state index contributed by atoms with van der Waals surface area (Å²) in [4.78, 5) is 24.8. The molecule has 0 aliphatic carbocycles. The monoisotopic (exact) mass is 350 g/mol. The molecule has 1 amide bonds. The van der Waals surface area contributed by atoms with Crippen molar-refractivity contribution in [2.24, 2.45) is 0 Å². The van der Waals surface area contributed by atoms with Gasteiger partial charge in [-0.1, -0.05) is 6.92 Å². The van der Waals surface area contributed by atoms with Crippen LogP contribution in [0.5, 0.6) is 0 Å². The lowest BCUT2D eigenvalue weighted by Gasteiger charge is -2.22. The molecular weight excluding hydrogens is 329 g/mol. The number of H-pyrrole nitrogens is 1. The second-order valence-corrected chi connectivity index (χ2v) is 5.69. The van der Waals surface area contributed by atoms with E-state index in [9.17, 15) is 18.0 Å². The van der Waals surface area contributed by atoms with Crippen molar-refractivity contribution in [2.45, 2.75) is 45.6 Å². The summed E-state index contributed by atoms with van der Waals surface area (Å²) in [5, 5.41) is 14.3. The average molecular weight is 350 g/mol. The number of carboxylic acids is 1. The van der Waals surface area contributed by atoms with Gasteiger partial charge in [0.25, 0.3) is 5.91 Å². The molecule has 0 fully saturated rings. The normalized spacial score (nSPS) is 15.3. The summed E-state index contributed by atoms with van der Waals surface area (Å²) in [5.41, 5.74) is 2.75. The number of alkyl halides is 3. The van der Waals surface area contributed by atoms with Crippen molar-refractivity contribution in [3.8, 4) is 0 Å². The Hall–Kier alpha value is -2.10. The van der Waals surface area contributed by atoms with Crippen molar-refractivity contribution in [2.75, 3.05) is 14.1 Å². The quantitative estimate of drug-likeness (QED) is 0.868. The Balaban J connectivity index is 0.000000351. The predicted molar refractivity (Wildman–Crippen MR) is 79.3 cm³/mol. The van der Waals surface area contributed by atoms with Gasteiger partial charge in [-0.3, -0.25) is 14.8 Å². The number of rotatable bonds is 3. The Bertz CT molecular complexity index is 599. The second-order valence-electron chi connectivity index (χ2n) is 5.69. The van der Waals surface area contributed by atoms with Gasteiger partial charge in [0, 0.05) is 38.8 Å². The molecule has 1 unspecified atom stereocenters. The molecule has 1 aromatic heterocycles. The molecule has 2 rings (SSSR count). The minimum absolute atomic E-state index is 0.0199. The number of fused-ring (bicyclic) bond motifs is 1. The fourth-order valence-electron chi connectivity index (χ4n) is 2.12. The van der Waals surface area contributed by atoms with Crippen LogP contribution in [-0.4, -0.2) is 63.3 Å². The molecule has 2 N–H and O–H groups in total. The number of nitrogens with one attached hydrogen (secondary N) is 1. The van der Waals surface area contributed by atoms with E-state index in [0.717, 1.165) is 30.8 Å². The van der Waals surface area contributed by atoms with Crippen LogP contribution >= 0.6 is 0 Å². The topological polar surface area (TPSA) is 89.5 Å². The molecule has 0 radical (unpaired) electrons. The number of hydrogen-bond acceptors (Lipinski definition) is 4. The molecule has 0 bridgehead atoms. The highest BCUT2D eigenvalue weighted by Gasteiger charge is 2.38. The van der Waals surface area contributed by atoms with Gasteiger partial charge in [-0.25, -0.2) is 4.79 Å². The van der Waals surface area contributed by atoms with Crippen LogP contribution in [0.3, 0.4) is 0 Å². The Kier molecular flexibility index (Phi) is 6.35. The molecule has 1 atom stereocenters. The fourth-order valence-corrected chi connectivity index (χ4v) is 2.12. The van der Waals surface area contributed by atoms with Crippen molar-refractivity contribution in [1.29, 1.82) is 0 Å². The third kappa shape index (κ3) is 4.70. The Morgan fingerprint density at radius 3 is 2.33 bits per heavy atom. The van der Waals surface area contributed by atoms with Crippen LogP contribution in [-0.2, 0) is 17.9 Å². The molecule has 10 heteroatoms. The van der Waals surface area contributed by atoms with Crippen molar-refractivity contribution in [3.63, 3.8) is 0 Å². The number of aromatic nitrogens is 2. The Morgan fingerprint density at radius 2 is 1.92 bits per heavy atom. The highest BCUT2D eigenvalue weighted by molar-refractivity contribution is 5.93. The van der Waals surface area contributed by atoms with Crippen LogP contribution in [0.1, 0.15) is 42.0 Å². The molecular formula is C14H21F3N4O3. The van der Waals surface area contributed by atoms with Gasteiger partial charge in [0.2, 0.25) is 0 Å². The first-order valence-corrected chi connectivity index (χ1v) is 7.30. The maximum absolute atomic E-state index is 11.9. The Labute approximate surface area is 137 Å². The summed E-state index contributed by atoms with van der Waals surface area (Å²) in [5.74, 6) is -2.78. The van der Waals surface area contributed by atoms with Gasteiger partial charge in [-0.15, -0.1) is 0 Å². The highest BCUT2D eigenvalue weighted by atomic mass is 19.4. The van der Waals surface area contributed by atoms with Crippen LogP contribution in [0.4, 0.5) is 13.2 Å². The first-order valence-electron chi connectivity index (χ1n) is 7.30. The number of hydrogen-bond donors (Lipinski definition) is 2. The summed E-state index contributed by atoms with van der Waals surface area (Å²) in [6.45, 7) is 6.10. The predicted octanol–water partition coefficient (Wildman–Crippen LogP) is 1.86. The molecule has 0 saturated heterocycles. The maximum atomic E-state index is 11.9. The number of aromatic amines is 1. The van der Waals surface area contributed by atoms with Gasteiger partial charge in [0.05, 0.1) is 5.69 Å². The SMILES string of the molecule is CCC(C)N1Cc2[nH]nc(C(=O)N(C)C)c2C1.O=C(O)C(F)(F)F. The summed E-state index contributed by atoms with van der Waals surface area (Å²) in [6.07, 6.45) is -3.96. The van der Waals surface area contributed by atoms with E-state index in [1.807, 2.05) is 0 Å². The fraction of sp³-hybridized carbons (Fsp3) is 0.643. The maximum Gasteiger partial charge on any atom is 0.490 e. The van der Waals surface area contributed by atoms with Gasteiger partial charge < -0.3 is 10.0 Å². The molecule has 0 spiro atoms. The van der Waals surface area contributed by atoms with Crippen LogP contribution in [0, 0.1) is 0 Å². The second kappa shape index (κ2) is 7.65. The zero-order valence-corrected chi connectivity index (χ0v) is 13.9. The van der Waals surface area contributed by atoms with E-state index in [-0.39, 0.29) is 5.91 Å². The van der Waals surface area contributed by atoms with Crippen molar-refractivity contribution in [3.05, 3.63) is 17.0 Å². The molecule has 1 aliphatic rings. The van der Waals surface area contributed by atoms with Crippen LogP contribution < -0.4 is 0 Å². The molecule has 24 heavy (non-hydrogen) atoms. The summed E-state index contributed by atoms with van der Waals surface area (Å²) >= 11 is 0. The van der Waals surface area contributed by atoms with Gasteiger partial charge in [0.15, 0.2) is 5.69 Å². The van der Waals surface area contributed by atoms with E-state index in [1.54, 1.807) is 19.0 Å². The average Bonchev–Trinajstić information content (AvgIpc) is 3.05. The largest absolute Gasteiger partial charge is 0.490 e. The van der Waals surface area contributed by atoms with Gasteiger partial charge in [0.1, 0.15) is 0 Å². The number of halogens is 3. The lowest BCUT2D eigenvalue weighted by molar-refractivity contribution is -0.192. The summed E-state index contributed by atoms with van der Waals surface area (Å²) < 4.78 is 31.7. The number of carbonyl (C=O) groups excluding carboxylic acids is 1. The minimum atomic E-state index is -5.08.